The Morgan fingerprint density at radius 3 is 2.48 bits per heavy atom. The molecule has 2 aromatic rings. The number of aliphatic imine (C=N–C) groups is 1. The van der Waals surface area contributed by atoms with Crippen molar-refractivity contribution in [2.75, 3.05) is 16.3 Å². The molecule has 2 aromatic carbocycles. The summed E-state index contributed by atoms with van der Waals surface area (Å²) < 4.78 is 24.8. The SMILES string of the molecule is CS(=O)(=O)Nc1ccc(CN=C(N)Nc2ccc3c(c2)CCC3)cc1. The molecule has 1 aliphatic carbocycles. The van der Waals surface area contributed by atoms with Crippen LogP contribution in [-0.4, -0.2) is 20.6 Å². The Bertz CT molecular complexity index is 890. The van der Waals surface area contributed by atoms with Gasteiger partial charge < -0.3 is 11.1 Å². The van der Waals surface area contributed by atoms with Gasteiger partial charge in [0.1, 0.15) is 0 Å². The molecular formula is C18H22N4O2S. The maximum absolute atomic E-state index is 11.2. The van der Waals surface area contributed by atoms with E-state index in [-0.39, 0.29) is 0 Å². The van der Waals surface area contributed by atoms with Gasteiger partial charge in [0.15, 0.2) is 5.96 Å². The van der Waals surface area contributed by atoms with E-state index in [2.05, 4.69) is 27.2 Å². The molecule has 0 aliphatic heterocycles. The van der Waals surface area contributed by atoms with Crippen molar-refractivity contribution in [3.63, 3.8) is 0 Å². The Balaban J connectivity index is 1.59. The monoisotopic (exact) mass is 358 g/mol. The number of fused-ring (bicyclic) bond motifs is 1. The van der Waals surface area contributed by atoms with Gasteiger partial charge in [-0.1, -0.05) is 18.2 Å². The number of nitrogens with zero attached hydrogens (tertiary/aromatic N) is 1. The lowest BCUT2D eigenvalue weighted by Crippen LogP contribution is -2.22. The van der Waals surface area contributed by atoms with E-state index in [4.69, 9.17) is 5.73 Å². The third-order valence-electron chi connectivity index (χ3n) is 4.06. The van der Waals surface area contributed by atoms with Gasteiger partial charge in [-0.05, 0) is 60.2 Å². The molecule has 0 atom stereocenters. The van der Waals surface area contributed by atoms with Crippen molar-refractivity contribution < 1.29 is 8.42 Å². The molecule has 1 aliphatic rings. The molecule has 0 bridgehead atoms. The zero-order chi connectivity index (χ0) is 17.9. The van der Waals surface area contributed by atoms with Crippen molar-refractivity contribution in [2.45, 2.75) is 25.8 Å². The fraction of sp³-hybridized carbons (Fsp3) is 0.278. The van der Waals surface area contributed by atoms with Crippen LogP contribution in [0.3, 0.4) is 0 Å². The maximum atomic E-state index is 11.2. The number of sulfonamides is 1. The van der Waals surface area contributed by atoms with Crippen LogP contribution in [0.2, 0.25) is 0 Å². The van der Waals surface area contributed by atoms with Gasteiger partial charge in [0, 0.05) is 11.4 Å². The van der Waals surface area contributed by atoms with Crippen LogP contribution in [-0.2, 0) is 29.4 Å². The van der Waals surface area contributed by atoms with Crippen LogP contribution >= 0.6 is 0 Å². The molecule has 0 heterocycles. The van der Waals surface area contributed by atoms with Crippen LogP contribution in [0.1, 0.15) is 23.1 Å². The summed E-state index contributed by atoms with van der Waals surface area (Å²) in [6.07, 6.45) is 4.61. The van der Waals surface area contributed by atoms with Crippen LogP contribution < -0.4 is 15.8 Å². The molecule has 132 valence electrons. The van der Waals surface area contributed by atoms with E-state index in [1.165, 1.54) is 17.5 Å². The zero-order valence-corrected chi connectivity index (χ0v) is 14.9. The fourth-order valence-corrected chi connectivity index (χ4v) is 3.47. The molecule has 0 unspecified atom stereocenters. The second-order valence-corrected chi connectivity index (χ2v) is 7.98. The van der Waals surface area contributed by atoms with Gasteiger partial charge >= 0.3 is 0 Å². The molecule has 0 saturated heterocycles. The smallest absolute Gasteiger partial charge is 0.229 e. The number of hydrogen-bond donors (Lipinski definition) is 3. The average molecular weight is 358 g/mol. The third-order valence-corrected chi connectivity index (χ3v) is 4.67. The number of rotatable bonds is 5. The minimum Gasteiger partial charge on any atom is -0.370 e. The van der Waals surface area contributed by atoms with Crippen molar-refractivity contribution in [1.29, 1.82) is 0 Å². The predicted octanol–water partition coefficient (Wildman–Crippen LogP) is 2.47. The third kappa shape index (κ3) is 4.96. The first-order valence-corrected chi connectivity index (χ1v) is 10.0. The second kappa shape index (κ2) is 7.14. The summed E-state index contributed by atoms with van der Waals surface area (Å²) in [5.74, 6) is 0.358. The minimum atomic E-state index is -3.26. The van der Waals surface area contributed by atoms with E-state index in [9.17, 15) is 8.42 Å². The van der Waals surface area contributed by atoms with Gasteiger partial charge in [-0.25, -0.2) is 13.4 Å². The molecule has 25 heavy (non-hydrogen) atoms. The first-order valence-electron chi connectivity index (χ1n) is 8.14. The first kappa shape index (κ1) is 17.3. The average Bonchev–Trinajstić information content (AvgIpc) is 3.00. The molecule has 6 nitrogen and oxygen atoms in total. The number of anilines is 2. The van der Waals surface area contributed by atoms with Crippen LogP contribution in [0.4, 0.5) is 11.4 Å². The lowest BCUT2D eigenvalue weighted by atomic mass is 10.1. The lowest BCUT2D eigenvalue weighted by molar-refractivity contribution is 0.607. The summed E-state index contributed by atoms with van der Waals surface area (Å²) in [7, 11) is -3.26. The van der Waals surface area contributed by atoms with E-state index < -0.39 is 10.0 Å². The summed E-state index contributed by atoms with van der Waals surface area (Å²) in [5, 5.41) is 3.12. The van der Waals surface area contributed by atoms with E-state index in [1.54, 1.807) is 12.1 Å². The second-order valence-electron chi connectivity index (χ2n) is 6.23. The number of hydrogen-bond acceptors (Lipinski definition) is 3. The van der Waals surface area contributed by atoms with Crippen LogP contribution in [0, 0.1) is 0 Å². The van der Waals surface area contributed by atoms with Crippen molar-refractivity contribution in [3.8, 4) is 0 Å². The summed E-state index contributed by atoms with van der Waals surface area (Å²) in [5.41, 5.74) is 11.2. The molecule has 4 N–H and O–H groups in total. The Labute approximate surface area is 148 Å². The van der Waals surface area contributed by atoms with Crippen molar-refractivity contribution in [3.05, 3.63) is 59.2 Å². The van der Waals surface area contributed by atoms with E-state index in [0.717, 1.165) is 30.3 Å². The van der Waals surface area contributed by atoms with Crippen molar-refractivity contribution in [1.82, 2.24) is 0 Å². The van der Waals surface area contributed by atoms with Gasteiger partial charge in [-0.3, -0.25) is 4.72 Å². The Morgan fingerprint density at radius 2 is 1.76 bits per heavy atom. The number of guanidine groups is 1. The first-order chi connectivity index (χ1) is 11.9. The summed E-state index contributed by atoms with van der Waals surface area (Å²) in [4.78, 5) is 4.33. The quantitative estimate of drug-likeness (QED) is 0.565. The van der Waals surface area contributed by atoms with Crippen LogP contribution in [0.25, 0.3) is 0 Å². The summed E-state index contributed by atoms with van der Waals surface area (Å²) >= 11 is 0. The maximum Gasteiger partial charge on any atom is 0.229 e. The molecule has 3 rings (SSSR count). The summed E-state index contributed by atoms with van der Waals surface area (Å²) in [6, 6.07) is 13.4. The van der Waals surface area contributed by atoms with Gasteiger partial charge in [-0.2, -0.15) is 0 Å². The number of nitrogens with two attached hydrogens (primary N) is 1. The highest BCUT2D eigenvalue weighted by atomic mass is 32.2. The van der Waals surface area contributed by atoms with E-state index in [0.29, 0.717) is 18.2 Å². The summed E-state index contributed by atoms with van der Waals surface area (Å²) in [6.45, 7) is 0.420. The Hall–Kier alpha value is -2.54. The van der Waals surface area contributed by atoms with E-state index in [1.807, 2.05) is 18.2 Å². The van der Waals surface area contributed by atoms with Gasteiger partial charge in [0.2, 0.25) is 10.0 Å². The highest BCUT2D eigenvalue weighted by molar-refractivity contribution is 7.92. The zero-order valence-electron chi connectivity index (χ0n) is 14.1. The van der Waals surface area contributed by atoms with Gasteiger partial charge in [0.25, 0.3) is 0 Å². The Morgan fingerprint density at radius 1 is 1.08 bits per heavy atom. The highest BCUT2D eigenvalue weighted by Gasteiger charge is 2.10. The normalized spacial score (nSPS) is 14.2. The van der Waals surface area contributed by atoms with E-state index >= 15 is 0 Å². The molecule has 0 fully saturated rings. The topological polar surface area (TPSA) is 96.6 Å². The molecule has 0 spiro atoms. The van der Waals surface area contributed by atoms with Gasteiger partial charge in [-0.15, -0.1) is 0 Å². The minimum absolute atomic E-state index is 0.358. The number of aryl methyl sites for hydroxylation is 2. The van der Waals surface area contributed by atoms with Crippen LogP contribution in [0.15, 0.2) is 47.5 Å². The van der Waals surface area contributed by atoms with Crippen molar-refractivity contribution >= 4 is 27.4 Å². The molecule has 7 heteroatoms. The van der Waals surface area contributed by atoms with Crippen molar-refractivity contribution in [2.24, 2.45) is 10.7 Å². The predicted molar refractivity (Wildman–Crippen MR) is 102 cm³/mol. The largest absolute Gasteiger partial charge is 0.370 e. The molecule has 0 radical (unpaired) electrons. The van der Waals surface area contributed by atoms with Crippen LogP contribution in [0.5, 0.6) is 0 Å². The highest BCUT2D eigenvalue weighted by Crippen LogP contribution is 2.24. The Kier molecular flexibility index (Phi) is 4.94. The lowest BCUT2D eigenvalue weighted by Gasteiger charge is -2.08. The number of nitrogens with one attached hydrogen (secondary N) is 2. The standard InChI is InChI=1S/C18H22N4O2S/c1-25(23,24)22-16-8-5-13(6-9-16)12-20-18(19)21-17-10-7-14-3-2-4-15(14)11-17/h5-11,22H,2-4,12H2,1H3,(H3,19,20,21). The fourth-order valence-electron chi connectivity index (χ4n) is 2.91. The molecular weight excluding hydrogens is 336 g/mol. The molecule has 0 saturated carbocycles. The number of benzene rings is 2. The molecule has 0 amide bonds. The van der Waals surface area contributed by atoms with Gasteiger partial charge in [0.05, 0.1) is 12.8 Å². The molecule has 0 aromatic heterocycles.